The summed E-state index contributed by atoms with van der Waals surface area (Å²) >= 11 is 0. The van der Waals surface area contributed by atoms with Crippen LogP contribution in [0.2, 0.25) is 0 Å². The average molecular weight is 329 g/mol. The van der Waals surface area contributed by atoms with Gasteiger partial charge in [0.25, 0.3) is 0 Å². The Kier molecular flexibility index (Phi) is 4.21. The van der Waals surface area contributed by atoms with Crippen LogP contribution in [0.4, 0.5) is 0 Å². The van der Waals surface area contributed by atoms with Crippen LogP contribution in [0, 0.1) is 0 Å². The van der Waals surface area contributed by atoms with Crippen molar-refractivity contribution in [3.05, 3.63) is 102 Å². The van der Waals surface area contributed by atoms with Gasteiger partial charge in [-0.2, -0.15) is 0 Å². The molecule has 0 saturated carbocycles. The van der Waals surface area contributed by atoms with Crippen LogP contribution in [-0.2, 0) is 4.84 Å². The first kappa shape index (κ1) is 15.5. The van der Waals surface area contributed by atoms with Crippen molar-refractivity contribution >= 4 is 5.71 Å². The van der Waals surface area contributed by atoms with Gasteiger partial charge in [-0.1, -0.05) is 78.0 Å². The molecule has 1 aliphatic heterocycles. The molecule has 0 saturated heterocycles. The standard InChI is InChI=1S/C22H19NO2/c1-24-19-14-12-18(13-15-19)22-20(16-8-4-2-5-9-16)21(23-25-22)17-10-6-3-7-11-17/h2-15,20,22H,1H3. The van der Waals surface area contributed by atoms with E-state index in [1.54, 1.807) is 7.11 Å². The van der Waals surface area contributed by atoms with Gasteiger partial charge in [0.05, 0.1) is 18.7 Å². The number of oxime groups is 1. The molecule has 1 aliphatic rings. The molecular weight excluding hydrogens is 310 g/mol. The third-order valence-corrected chi connectivity index (χ3v) is 4.53. The maximum absolute atomic E-state index is 5.89. The van der Waals surface area contributed by atoms with Crippen LogP contribution < -0.4 is 4.74 Å². The lowest BCUT2D eigenvalue weighted by molar-refractivity contribution is 0.0762. The Morgan fingerprint density at radius 1 is 0.760 bits per heavy atom. The molecule has 0 aromatic heterocycles. The van der Waals surface area contributed by atoms with Gasteiger partial charge in [-0.05, 0) is 23.3 Å². The quantitative estimate of drug-likeness (QED) is 0.678. The second-order valence-corrected chi connectivity index (χ2v) is 6.03. The Balaban J connectivity index is 1.75. The predicted molar refractivity (Wildman–Crippen MR) is 99.0 cm³/mol. The van der Waals surface area contributed by atoms with Gasteiger partial charge in [-0.15, -0.1) is 0 Å². The summed E-state index contributed by atoms with van der Waals surface area (Å²) in [5.74, 6) is 0.888. The van der Waals surface area contributed by atoms with Crippen LogP contribution in [-0.4, -0.2) is 12.8 Å². The molecule has 3 nitrogen and oxygen atoms in total. The van der Waals surface area contributed by atoms with E-state index in [-0.39, 0.29) is 12.0 Å². The summed E-state index contributed by atoms with van der Waals surface area (Å²) in [6.07, 6.45) is -0.150. The molecule has 2 atom stereocenters. The lowest BCUT2D eigenvalue weighted by Crippen LogP contribution is -2.16. The lowest BCUT2D eigenvalue weighted by Gasteiger charge is -2.20. The van der Waals surface area contributed by atoms with Crippen molar-refractivity contribution in [3.63, 3.8) is 0 Å². The fourth-order valence-corrected chi connectivity index (χ4v) is 3.26. The van der Waals surface area contributed by atoms with E-state index in [1.807, 2.05) is 48.5 Å². The maximum Gasteiger partial charge on any atom is 0.165 e. The van der Waals surface area contributed by atoms with Crippen LogP contribution in [0.3, 0.4) is 0 Å². The van der Waals surface area contributed by atoms with Gasteiger partial charge in [0.2, 0.25) is 0 Å². The maximum atomic E-state index is 5.89. The molecule has 0 amide bonds. The number of rotatable bonds is 4. The summed E-state index contributed by atoms with van der Waals surface area (Å²) in [5, 5.41) is 4.45. The molecule has 3 aromatic carbocycles. The van der Waals surface area contributed by atoms with Crippen molar-refractivity contribution in [3.8, 4) is 5.75 Å². The Hall–Kier alpha value is -3.07. The van der Waals surface area contributed by atoms with Crippen LogP contribution in [0.5, 0.6) is 5.75 Å². The van der Waals surface area contributed by atoms with E-state index in [9.17, 15) is 0 Å². The minimum atomic E-state index is -0.150. The van der Waals surface area contributed by atoms with Gasteiger partial charge in [0.15, 0.2) is 6.10 Å². The van der Waals surface area contributed by atoms with E-state index in [0.29, 0.717) is 0 Å². The SMILES string of the molecule is COc1ccc(C2ON=C(c3ccccc3)C2c2ccccc2)cc1. The zero-order valence-electron chi connectivity index (χ0n) is 14.0. The number of benzene rings is 3. The van der Waals surface area contributed by atoms with E-state index >= 15 is 0 Å². The molecule has 0 fully saturated rings. The summed E-state index contributed by atoms with van der Waals surface area (Å²) in [6.45, 7) is 0. The molecule has 0 radical (unpaired) electrons. The Morgan fingerprint density at radius 2 is 1.40 bits per heavy atom. The molecule has 124 valence electrons. The van der Waals surface area contributed by atoms with E-state index < -0.39 is 0 Å². The lowest BCUT2D eigenvalue weighted by atomic mass is 9.83. The monoisotopic (exact) mass is 329 g/mol. The molecule has 0 aliphatic carbocycles. The average Bonchev–Trinajstić information content (AvgIpc) is 3.14. The minimum Gasteiger partial charge on any atom is -0.497 e. The highest BCUT2D eigenvalue weighted by Crippen LogP contribution is 2.42. The van der Waals surface area contributed by atoms with Crippen molar-refractivity contribution in [2.75, 3.05) is 7.11 Å². The molecular formula is C22H19NO2. The molecule has 3 aromatic rings. The molecule has 0 N–H and O–H groups in total. The molecule has 1 heterocycles. The molecule has 3 heteroatoms. The summed E-state index contributed by atoms with van der Waals surface area (Å²) in [7, 11) is 1.67. The first-order valence-corrected chi connectivity index (χ1v) is 8.35. The fraction of sp³-hybridized carbons (Fsp3) is 0.136. The number of methoxy groups -OCH3 is 1. The number of hydrogen-bond acceptors (Lipinski definition) is 3. The van der Waals surface area contributed by atoms with Crippen LogP contribution >= 0.6 is 0 Å². The normalized spacial score (nSPS) is 19.2. The van der Waals surface area contributed by atoms with Crippen LogP contribution in [0.1, 0.15) is 28.7 Å². The topological polar surface area (TPSA) is 30.8 Å². The second kappa shape index (κ2) is 6.81. The van der Waals surface area contributed by atoms with Crippen molar-refractivity contribution in [2.45, 2.75) is 12.0 Å². The summed E-state index contributed by atoms with van der Waals surface area (Å²) in [6, 6.07) is 28.6. The largest absolute Gasteiger partial charge is 0.497 e. The first-order chi connectivity index (χ1) is 12.4. The van der Waals surface area contributed by atoms with Gasteiger partial charge in [0, 0.05) is 5.56 Å². The molecule has 4 rings (SSSR count). The Morgan fingerprint density at radius 3 is 2.04 bits per heavy atom. The van der Waals surface area contributed by atoms with E-state index in [1.165, 1.54) is 5.56 Å². The number of hydrogen-bond donors (Lipinski definition) is 0. The third-order valence-electron chi connectivity index (χ3n) is 4.53. The smallest absolute Gasteiger partial charge is 0.165 e. The van der Waals surface area contributed by atoms with Gasteiger partial charge in [-0.3, -0.25) is 0 Å². The Labute approximate surface area is 147 Å². The van der Waals surface area contributed by atoms with Crippen LogP contribution in [0.25, 0.3) is 0 Å². The summed E-state index contributed by atoms with van der Waals surface area (Å²) in [5.41, 5.74) is 4.34. The van der Waals surface area contributed by atoms with E-state index in [4.69, 9.17) is 9.57 Å². The Bertz CT molecular complexity index is 858. The second-order valence-electron chi connectivity index (χ2n) is 6.03. The van der Waals surface area contributed by atoms with Crippen LogP contribution in [0.15, 0.2) is 90.1 Å². The van der Waals surface area contributed by atoms with E-state index in [2.05, 4.69) is 41.6 Å². The van der Waals surface area contributed by atoms with Crippen molar-refractivity contribution in [1.82, 2.24) is 0 Å². The molecule has 25 heavy (non-hydrogen) atoms. The van der Waals surface area contributed by atoms with Crippen molar-refractivity contribution < 1.29 is 9.57 Å². The highest BCUT2D eigenvalue weighted by atomic mass is 16.6. The first-order valence-electron chi connectivity index (χ1n) is 8.35. The zero-order valence-corrected chi connectivity index (χ0v) is 14.0. The van der Waals surface area contributed by atoms with Crippen molar-refractivity contribution in [2.24, 2.45) is 5.16 Å². The number of ether oxygens (including phenoxy) is 1. The predicted octanol–water partition coefficient (Wildman–Crippen LogP) is 4.95. The minimum absolute atomic E-state index is 0.0528. The van der Waals surface area contributed by atoms with Gasteiger partial charge in [0.1, 0.15) is 5.75 Å². The number of nitrogens with zero attached hydrogens (tertiary/aromatic N) is 1. The van der Waals surface area contributed by atoms with Crippen molar-refractivity contribution in [1.29, 1.82) is 0 Å². The van der Waals surface area contributed by atoms with Gasteiger partial charge < -0.3 is 9.57 Å². The fourth-order valence-electron chi connectivity index (χ4n) is 3.26. The van der Waals surface area contributed by atoms with Gasteiger partial charge >= 0.3 is 0 Å². The highest BCUT2D eigenvalue weighted by molar-refractivity contribution is 6.06. The van der Waals surface area contributed by atoms with E-state index in [0.717, 1.165) is 22.6 Å². The zero-order chi connectivity index (χ0) is 17.1. The molecule has 2 unspecified atom stereocenters. The molecule has 0 bridgehead atoms. The van der Waals surface area contributed by atoms with Gasteiger partial charge in [-0.25, -0.2) is 0 Å². The highest BCUT2D eigenvalue weighted by Gasteiger charge is 2.37. The summed E-state index contributed by atoms with van der Waals surface area (Å²) in [4.78, 5) is 5.89. The molecule has 0 spiro atoms. The summed E-state index contributed by atoms with van der Waals surface area (Å²) < 4.78 is 5.26. The third kappa shape index (κ3) is 3.01.